The maximum Gasteiger partial charge on any atom is 0.0337 e. The fraction of sp³-hybridized carbons (Fsp3) is 0.273. The molecule has 0 radical (unpaired) electrons. The van der Waals surface area contributed by atoms with Crippen molar-refractivity contribution in [2.24, 2.45) is 5.73 Å². The standard InChI is InChI=1S/C11H16N2/c1-3-4-11(12)9-5-7-10(13-2)8-6-9/h3,5-8,11,13H,1,4,12H2,2H3. The Morgan fingerprint density at radius 1 is 1.46 bits per heavy atom. The molecule has 1 aromatic carbocycles. The predicted octanol–water partition coefficient (Wildman–Crippen LogP) is 2.30. The molecule has 0 fully saturated rings. The lowest BCUT2D eigenvalue weighted by Crippen LogP contribution is -2.08. The quantitative estimate of drug-likeness (QED) is 0.691. The Morgan fingerprint density at radius 3 is 2.54 bits per heavy atom. The van der Waals surface area contributed by atoms with Gasteiger partial charge in [0.15, 0.2) is 0 Å². The summed E-state index contributed by atoms with van der Waals surface area (Å²) in [7, 11) is 1.90. The fourth-order valence-corrected chi connectivity index (χ4v) is 1.21. The second-order valence-electron chi connectivity index (χ2n) is 3.00. The van der Waals surface area contributed by atoms with E-state index in [1.165, 1.54) is 0 Å². The maximum atomic E-state index is 5.91. The summed E-state index contributed by atoms with van der Waals surface area (Å²) in [4.78, 5) is 0. The number of hydrogen-bond acceptors (Lipinski definition) is 2. The summed E-state index contributed by atoms with van der Waals surface area (Å²) >= 11 is 0. The summed E-state index contributed by atoms with van der Waals surface area (Å²) in [5, 5.41) is 3.06. The topological polar surface area (TPSA) is 38.0 Å². The summed E-state index contributed by atoms with van der Waals surface area (Å²) in [6.07, 6.45) is 2.66. The minimum absolute atomic E-state index is 0.0726. The van der Waals surface area contributed by atoms with Gasteiger partial charge in [-0.25, -0.2) is 0 Å². The average Bonchev–Trinajstić information content (AvgIpc) is 2.18. The molecule has 0 bridgehead atoms. The summed E-state index contributed by atoms with van der Waals surface area (Å²) in [6.45, 7) is 3.67. The molecular weight excluding hydrogens is 160 g/mol. The van der Waals surface area contributed by atoms with Gasteiger partial charge in [-0.2, -0.15) is 0 Å². The molecule has 0 heterocycles. The van der Waals surface area contributed by atoms with Crippen LogP contribution in [0, 0.1) is 0 Å². The summed E-state index contributed by atoms with van der Waals surface area (Å²) < 4.78 is 0. The van der Waals surface area contributed by atoms with Crippen molar-refractivity contribution >= 4 is 5.69 Å². The largest absolute Gasteiger partial charge is 0.388 e. The van der Waals surface area contributed by atoms with Crippen molar-refractivity contribution in [1.82, 2.24) is 0 Å². The second kappa shape index (κ2) is 4.67. The summed E-state index contributed by atoms with van der Waals surface area (Å²) in [5.41, 5.74) is 8.16. The van der Waals surface area contributed by atoms with Gasteiger partial charge in [0.05, 0.1) is 0 Å². The van der Waals surface area contributed by atoms with Gasteiger partial charge in [-0.05, 0) is 24.1 Å². The van der Waals surface area contributed by atoms with Crippen LogP contribution in [0.5, 0.6) is 0 Å². The van der Waals surface area contributed by atoms with Gasteiger partial charge in [0.2, 0.25) is 0 Å². The lowest BCUT2D eigenvalue weighted by molar-refractivity contribution is 0.742. The van der Waals surface area contributed by atoms with E-state index in [0.717, 1.165) is 17.7 Å². The van der Waals surface area contributed by atoms with Gasteiger partial charge in [-0.1, -0.05) is 18.2 Å². The van der Waals surface area contributed by atoms with Crippen molar-refractivity contribution in [1.29, 1.82) is 0 Å². The van der Waals surface area contributed by atoms with Crippen LogP contribution in [0.25, 0.3) is 0 Å². The van der Waals surface area contributed by atoms with Crippen LogP contribution < -0.4 is 11.1 Å². The van der Waals surface area contributed by atoms with Crippen molar-refractivity contribution in [2.45, 2.75) is 12.5 Å². The van der Waals surface area contributed by atoms with Crippen LogP contribution in [0.2, 0.25) is 0 Å². The van der Waals surface area contributed by atoms with E-state index in [1.54, 1.807) is 0 Å². The van der Waals surface area contributed by atoms with Gasteiger partial charge in [0.25, 0.3) is 0 Å². The van der Waals surface area contributed by atoms with Crippen molar-refractivity contribution in [3.05, 3.63) is 42.5 Å². The van der Waals surface area contributed by atoms with Crippen LogP contribution in [0.1, 0.15) is 18.0 Å². The first-order valence-electron chi connectivity index (χ1n) is 4.42. The first-order valence-corrected chi connectivity index (χ1v) is 4.42. The van der Waals surface area contributed by atoms with Crippen molar-refractivity contribution < 1.29 is 0 Å². The Hall–Kier alpha value is -1.28. The highest BCUT2D eigenvalue weighted by Crippen LogP contribution is 2.16. The Balaban J connectivity index is 2.73. The highest BCUT2D eigenvalue weighted by atomic mass is 14.8. The maximum absolute atomic E-state index is 5.91. The summed E-state index contributed by atoms with van der Waals surface area (Å²) in [5.74, 6) is 0. The molecule has 13 heavy (non-hydrogen) atoms. The van der Waals surface area contributed by atoms with Gasteiger partial charge in [0, 0.05) is 18.8 Å². The number of nitrogens with two attached hydrogens (primary N) is 1. The Bertz CT molecular complexity index is 264. The second-order valence-corrected chi connectivity index (χ2v) is 3.00. The molecule has 0 saturated heterocycles. The van der Waals surface area contributed by atoms with Gasteiger partial charge >= 0.3 is 0 Å². The molecule has 0 aliphatic rings. The zero-order valence-electron chi connectivity index (χ0n) is 7.96. The lowest BCUT2D eigenvalue weighted by atomic mass is 10.0. The normalized spacial score (nSPS) is 12.2. The number of rotatable bonds is 4. The van der Waals surface area contributed by atoms with Gasteiger partial charge in [0.1, 0.15) is 0 Å². The fourth-order valence-electron chi connectivity index (χ4n) is 1.21. The first-order chi connectivity index (χ1) is 6.27. The number of anilines is 1. The monoisotopic (exact) mass is 176 g/mol. The number of benzene rings is 1. The molecule has 0 aliphatic heterocycles. The smallest absolute Gasteiger partial charge is 0.0337 e. The summed E-state index contributed by atoms with van der Waals surface area (Å²) in [6, 6.07) is 8.21. The highest BCUT2D eigenvalue weighted by molar-refractivity contribution is 5.44. The molecule has 1 unspecified atom stereocenters. The zero-order chi connectivity index (χ0) is 9.68. The van der Waals surface area contributed by atoms with Crippen LogP contribution in [0.3, 0.4) is 0 Å². The van der Waals surface area contributed by atoms with Crippen molar-refractivity contribution in [3.63, 3.8) is 0 Å². The molecule has 1 rings (SSSR count). The first kappa shape index (κ1) is 9.81. The molecule has 0 aromatic heterocycles. The van der Waals surface area contributed by atoms with E-state index in [2.05, 4.69) is 11.9 Å². The molecular formula is C11H16N2. The molecule has 2 nitrogen and oxygen atoms in total. The third-order valence-electron chi connectivity index (χ3n) is 2.05. The zero-order valence-corrected chi connectivity index (χ0v) is 7.96. The van der Waals surface area contributed by atoms with Gasteiger partial charge < -0.3 is 11.1 Å². The number of nitrogens with one attached hydrogen (secondary N) is 1. The van der Waals surface area contributed by atoms with Gasteiger partial charge in [-0.15, -0.1) is 6.58 Å². The molecule has 1 atom stereocenters. The minimum atomic E-state index is 0.0726. The third kappa shape index (κ3) is 2.60. The van der Waals surface area contributed by atoms with Gasteiger partial charge in [-0.3, -0.25) is 0 Å². The van der Waals surface area contributed by atoms with Crippen LogP contribution in [0.15, 0.2) is 36.9 Å². The Morgan fingerprint density at radius 2 is 2.08 bits per heavy atom. The van der Waals surface area contributed by atoms with Crippen LogP contribution in [0.4, 0.5) is 5.69 Å². The minimum Gasteiger partial charge on any atom is -0.388 e. The molecule has 0 aliphatic carbocycles. The van der Waals surface area contributed by atoms with E-state index in [9.17, 15) is 0 Å². The predicted molar refractivity (Wildman–Crippen MR) is 57.7 cm³/mol. The van der Waals surface area contributed by atoms with E-state index >= 15 is 0 Å². The van der Waals surface area contributed by atoms with Crippen LogP contribution in [-0.2, 0) is 0 Å². The Labute approximate surface area is 79.5 Å². The molecule has 0 amide bonds. The number of hydrogen-bond donors (Lipinski definition) is 2. The van der Waals surface area contributed by atoms with E-state index < -0.39 is 0 Å². The molecule has 2 heteroatoms. The lowest BCUT2D eigenvalue weighted by Gasteiger charge is -2.09. The Kier molecular flexibility index (Phi) is 3.53. The SMILES string of the molecule is C=CCC(N)c1ccc(NC)cc1. The highest BCUT2D eigenvalue weighted by Gasteiger charge is 2.02. The average molecular weight is 176 g/mol. The molecule has 0 spiro atoms. The van der Waals surface area contributed by atoms with E-state index in [4.69, 9.17) is 5.73 Å². The van der Waals surface area contributed by atoms with E-state index in [1.807, 2.05) is 37.4 Å². The molecule has 3 N–H and O–H groups in total. The van der Waals surface area contributed by atoms with Crippen molar-refractivity contribution in [3.8, 4) is 0 Å². The van der Waals surface area contributed by atoms with Crippen molar-refractivity contribution in [2.75, 3.05) is 12.4 Å². The molecule has 0 saturated carbocycles. The molecule has 1 aromatic rings. The van der Waals surface area contributed by atoms with Crippen LogP contribution >= 0.6 is 0 Å². The third-order valence-corrected chi connectivity index (χ3v) is 2.05. The molecule has 70 valence electrons. The van der Waals surface area contributed by atoms with Crippen LogP contribution in [-0.4, -0.2) is 7.05 Å². The van der Waals surface area contributed by atoms with E-state index in [0.29, 0.717) is 0 Å². The van der Waals surface area contributed by atoms with E-state index in [-0.39, 0.29) is 6.04 Å².